The Balaban J connectivity index is 1.98. The number of aliphatic carboxylic acids is 1. The van der Waals surface area contributed by atoms with E-state index in [-0.39, 0.29) is 0 Å². The molecule has 0 amide bonds. The smallest absolute Gasteiger partial charge is 0.328 e. The number of hydrogen-bond acceptors (Lipinski definition) is 3. The van der Waals surface area contributed by atoms with E-state index >= 15 is 0 Å². The van der Waals surface area contributed by atoms with Gasteiger partial charge in [0.25, 0.3) is 0 Å². The van der Waals surface area contributed by atoms with Crippen molar-refractivity contribution in [2.75, 3.05) is 0 Å². The summed E-state index contributed by atoms with van der Waals surface area (Å²) in [5, 5.41) is 13.4. The van der Waals surface area contributed by atoms with Gasteiger partial charge in [-0.3, -0.25) is 0 Å². The minimum Gasteiger partial charge on any atom is -0.478 e. The fraction of sp³-hybridized carbons (Fsp3) is 0.118. The van der Waals surface area contributed by atoms with E-state index in [9.17, 15) is 4.79 Å². The summed E-state index contributed by atoms with van der Waals surface area (Å²) in [7, 11) is 0. The van der Waals surface area contributed by atoms with Crippen molar-refractivity contribution in [1.29, 1.82) is 0 Å². The first kappa shape index (κ1) is 15.7. The van der Waals surface area contributed by atoms with Crippen LogP contribution in [0.4, 0.5) is 0 Å². The zero-order chi connectivity index (χ0) is 16.4. The van der Waals surface area contributed by atoms with Crippen molar-refractivity contribution in [3.63, 3.8) is 0 Å². The second kappa shape index (κ2) is 6.14. The highest BCUT2D eigenvalue weighted by molar-refractivity contribution is 6.35. The molecule has 0 fully saturated rings. The van der Waals surface area contributed by atoms with Gasteiger partial charge in [-0.1, -0.05) is 35.3 Å². The summed E-state index contributed by atoms with van der Waals surface area (Å²) in [6, 6.07) is 5.30. The molecular weight excluding hydrogens is 335 g/mol. The van der Waals surface area contributed by atoms with Gasteiger partial charge in [-0.05, 0) is 35.9 Å². The van der Waals surface area contributed by atoms with Crippen molar-refractivity contribution < 1.29 is 9.90 Å². The minimum atomic E-state index is -1.00. The normalized spacial score (nSPS) is 22.2. The van der Waals surface area contributed by atoms with Gasteiger partial charge >= 0.3 is 5.97 Å². The number of halogens is 2. The molecular formula is C17H14Cl2N2O2. The summed E-state index contributed by atoms with van der Waals surface area (Å²) in [6.45, 7) is 0. The predicted molar refractivity (Wildman–Crippen MR) is 91.0 cm³/mol. The van der Waals surface area contributed by atoms with E-state index in [0.29, 0.717) is 16.5 Å². The van der Waals surface area contributed by atoms with Gasteiger partial charge in [-0.2, -0.15) is 0 Å². The number of carboxylic acids is 1. The maximum Gasteiger partial charge on any atom is 0.328 e. The molecule has 2 heterocycles. The van der Waals surface area contributed by atoms with Crippen LogP contribution in [0, 0.1) is 0 Å². The molecule has 1 atom stereocenters. The van der Waals surface area contributed by atoms with Gasteiger partial charge < -0.3 is 15.3 Å². The maximum absolute atomic E-state index is 11.0. The Morgan fingerprint density at radius 3 is 2.91 bits per heavy atom. The van der Waals surface area contributed by atoms with Gasteiger partial charge in [0.05, 0.1) is 5.70 Å². The number of nitrogens with one attached hydrogen (secondary N) is 1. The fourth-order valence-corrected chi connectivity index (χ4v) is 3.17. The number of carbonyl (C=O) groups is 1. The highest BCUT2D eigenvalue weighted by Gasteiger charge is 2.38. The molecule has 3 rings (SSSR count). The lowest BCUT2D eigenvalue weighted by Crippen LogP contribution is -2.50. The Kier molecular flexibility index (Phi) is 4.20. The number of fused-ring (bicyclic) bond motifs is 1. The predicted octanol–water partition coefficient (Wildman–Crippen LogP) is 3.70. The summed E-state index contributed by atoms with van der Waals surface area (Å²) in [6.07, 6.45) is 12.8. The van der Waals surface area contributed by atoms with Crippen LogP contribution in [-0.2, 0) is 11.2 Å². The first-order chi connectivity index (χ1) is 11.0. The van der Waals surface area contributed by atoms with Crippen molar-refractivity contribution in [1.82, 2.24) is 10.2 Å². The highest BCUT2D eigenvalue weighted by Crippen LogP contribution is 2.34. The molecule has 4 nitrogen and oxygen atoms in total. The van der Waals surface area contributed by atoms with Crippen LogP contribution in [0.2, 0.25) is 10.0 Å². The topological polar surface area (TPSA) is 52.6 Å². The molecule has 2 aliphatic rings. The van der Waals surface area contributed by atoms with Gasteiger partial charge in [0.1, 0.15) is 5.66 Å². The van der Waals surface area contributed by atoms with Crippen LogP contribution < -0.4 is 5.32 Å². The van der Waals surface area contributed by atoms with Crippen LogP contribution in [-0.4, -0.2) is 21.6 Å². The average Bonchev–Trinajstić information content (AvgIpc) is 2.88. The lowest BCUT2D eigenvalue weighted by molar-refractivity contribution is -0.131. The van der Waals surface area contributed by atoms with Crippen molar-refractivity contribution >= 4 is 29.2 Å². The highest BCUT2D eigenvalue weighted by atomic mass is 35.5. The average molecular weight is 349 g/mol. The van der Waals surface area contributed by atoms with Gasteiger partial charge in [-0.25, -0.2) is 4.79 Å². The van der Waals surface area contributed by atoms with Crippen LogP contribution >= 0.6 is 23.2 Å². The molecule has 2 N–H and O–H groups in total. The Morgan fingerprint density at radius 2 is 2.17 bits per heavy atom. The van der Waals surface area contributed by atoms with Crippen molar-refractivity contribution in [2.24, 2.45) is 0 Å². The Morgan fingerprint density at radius 1 is 1.35 bits per heavy atom. The summed E-state index contributed by atoms with van der Waals surface area (Å²) in [5.74, 6) is -1.00. The van der Waals surface area contributed by atoms with Crippen molar-refractivity contribution in [3.05, 3.63) is 82.3 Å². The van der Waals surface area contributed by atoms with E-state index in [2.05, 4.69) is 5.32 Å². The number of carboxylic acid groups (broad SMARTS) is 1. The summed E-state index contributed by atoms with van der Waals surface area (Å²) in [4.78, 5) is 13.0. The monoisotopic (exact) mass is 348 g/mol. The van der Waals surface area contributed by atoms with E-state index in [1.54, 1.807) is 18.2 Å². The summed E-state index contributed by atoms with van der Waals surface area (Å²) >= 11 is 12.2. The summed E-state index contributed by atoms with van der Waals surface area (Å²) < 4.78 is 0. The zero-order valence-corrected chi connectivity index (χ0v) is 13.6. The molecule has 0 saturated heterocycles. The number of benzene rings is 1. The molecule has 6 heteroatoms. The molecule has 0 saturated carbocycles. The standard InChI is InChI=1S/C17H14Cl2N2O2/c18-13-5-4-12(15(19)9-13)10-17(7-6-16(22)23)20-11-14-3-1-2-8-21(14)17/h1-9,11,20H,10H2,(H,22,23)/b7-6+. The van der Waals surface area contributed by atoms with Crippen LogP contribution in [0.1, 0.15) is 5.56 Å². The molecule has 0 spiro atoms. The number of nitrogens with zero attached hydrogens (tertiary/aromatic N) is 1. The van der Waals surface area contributed by atoms with Crippen LogP contribution in [0.5, 0.6) is 0 Å². The Hall–Kier alpha value is -2.17. The first-order valence-corrected chi connectivity index (χ1v) is 7.74. The number of rotatable bonds is 4. The largest absolute Gasteiger partial charge is 0.478 e. The second-order valence-corrected chi connectivity index (χ2v) is 6.14. The minimum absolute atomic E-state index is 0.477. The van der Waals surface area contributed by atoms with Gasteiger partial charge in [0.2, 0.25) is 0 Å². The first-order valence-electron chi connectivity index (χ1n) is 6.98. The lowest BCUT2D eigenvalue weighted by atomic mass is 9.97. The number of hydrogen-bond donors (Lipinski definition) is 2. The molecule has 0 radical (unpaired) electrons. The number of allylic oxidation sites excluding steroid dienone is 3. The SMILES string of the molecule is O=C(O)/C=C/C1(Cc2ccc(Cl)cc2Cl)NC=C2C=CC=CN21. The third-order valence-electron chi connectivity index (χ3n) is 3.77. The maximum atomic E-state index is 11.0. The molecule has 0 bridgehead atoms. The molecule has 23 heavy (non-hydrogen) atoms. The van der Waals surface area contributed by atoms with E-state index in [4.69, 9.17) is 28.3 Å². The van der Waals surface area contributed by atoms with Crippen LogP contribution in [0.25, 0.3) is 0 Å². The van der Waals surface area contributed by atoms with E-state index < -0.39 is 11.6 Å². The molecule has 0 aromatic heterocycles. The zero-order valence-electron chi connectivity index (χ0n) is 12.0. The van der Waals surface area contributed by atoms with Crippen LogP contribution in [0.15, 0.2) is 66.7 Å². The van der Waals surface area contributed by atoms with E-state index in [1.807, 2.05) is 41.6 Å². The quantitative estimate of drug-likeness (QED) is 0.814. The molecule has 0 aliphatic carbocycles. The molecule has 1 aromatic rings. The Labute approximate surface area is 144 Å². The van der Waals surface area contributed by atoms with Gasteiger partial charge in [-0.15, -0.1) is 0 Å². The molecule has 2 aliphatic heterocycles. The third kappa shape index (κ3) is 3.14. The summed E-state index contributed by atoms with van der Waals surface area (Å²) in [5.41, 5.74) is 1.09. The second-order valence-electron chi connectivity index (χ2n) is 5.29. The molecule has 1 unspecified atom stereocenters. The van der Waals surface area contributed by atoms with E-state index in [0.717, 1.165) is 17.3 Å². The van der Waals surface area contributed by atoms with Crippen molar-refractivity contribution in [2.45, 2.75) is 12.1 Å². The van der Waals surface area contributed by atoms with Gasteiger partial charge in [0.15, 0.2) is 0 Å². The molecule has 118 valence electrons. The fourth-order valence-electron chi connectivity index (χ4n) is 2.69. The molecule has 1 aromatic carbocycles. The van der Waals surface area contributed by atoms with E-state index in [1.165, 1.54) is 0 Å². The Bertz CT molecular complexity index is 768. The van der Waals surface area contributed by atoms with Crippen LogP contribution in [0.3, 0.4) is 0 Å². The third-order valence-corrected chi connectivity index (χ3v) is 4.35. The van der Waals surface area contributed by atoms with Gasteiger partial charge in [0, 0.05) is 34.9 Å². The van der Waals surface area contributed by atoms with Crippen molar-refractivity contribution in [3.8, 4) is 0 Å². The lowest BCUT2D eigenvalue weighted by Gasteiger charge is -2.38.